The molecule has 0 spiro atoms. The lowest BCUT2D eigenvalue weighted by molar-refractivity contribution is 0.162. The van der Waals surface area contributed by atoms with E-state index in [0.717, 1.165) is 37.0 Å². The maximum atomic E-state index is 13.1. The minimum Gasteiger partial charge on any atom is -0.486 e. The molecule has 0 radical (unpaired) electrons. The van der Waals surface area contributed by atoms with Crippen molar-refractivity contribution in [3.05, 3.63) is 23.8 Å². The third kappa shape index (κ3) is 5.55. The largest absolute Gasteiger partial charge is 0.486 e. The Labute approximate surface area is 197 Å². The van der Waals surface area contributed by atoms with Gasteiger partial charge in [0.25, 0.3) is 10.2 Å². The van der Waals surface area contributed by atoms with Gasteiger partial charge in [-0.2, -0.15) is 17.0 Å². The Balaban J connectivity index is 1.36. The number of piperazine rings is 1. The van der Waals surface area contributed by atoms with E-state index in [1.807, 2.05) is 18.2 Å². The van der Waals surface area contributed by atoms with Crippen LogP contribution in [0.1, 0.15) is 51.1 Å². The Hall–Kier alpha value is -2.04. The monoisotopic (exact) mass is 480 g/mol. The van der Waals surface area contributed by atoms with Crippen LogP contribution >= 0.6 is 0 Å². The van der Waals surface area contributed by atoms with E-state index in [1.54, 1.807) is 9.21 Å². The normalized spacial score (nSPS) is 21.5. The second-order valence-electron chi connectivity index (χ2n) is 9.28. The lowest BCUT2D eigenvalue weighted by Crippen LogP contribution is -2.56. The van der Waals surface area contributed by atoms with E-state index < -0.39 is 10.2 Å². The zero-order valence-corrected chi connectivity index (χ0v) is 20.5. The summed E-state index contributed by atoms with van der Waals surface area (Å²) in [5.41, 5.74) is 0.963. The van der Waals surface area contributed by atoms with E-state index in [4.69, 9.17) is 9.47 Å². The van der Waals surface area contributed by atoms with Crippen molar-refractivity contribution in [1.29, 1.82) is 0 Å². The van der Waals surface area contributed by atoms with Crippen LogP contribution in [0.2, 0.25) is 0 Å². The first-order valence-corrected chi connectivity index (χ1v) is 13.5. The summed E-state index contributed by atoms with van der Waals surface area (Å²) in [6, 6.07) is 5.43. The highest BCUT2D eigenvalue weighted by molar-refractivity contribution is 7.86. The van der Waals surface area contributed by atoms with Gasteiger partial charge in [0.2, 0.25) is 0 Å². The molecular weight excluding hydrogens is 444 g/mol. The highest BCUT2D eigenvalue weighted by atomic mass is 32.2. The van der Waals surface area contributed by atoms with Gasteiger partial charge in [0.1, 0.15) is 13.2 Å². The number of nitrogens with zero attached hydrogens (tertiary/aromatic N) is 3. The van der Waals surface area contributed by atoms with Gasteiger partial charge in [-0.1, -0.05) is 32.8 Å². The number of benzene rings is 1. The van der Waals surface area contributed by atoms with Gasteiger partial charge in [-0.15, -0.1) is 0 Å². The van der Waals surface area contributed by atoms with Crippen LogP contribution in [-0.4, -0.2) is 80.4 Å². The molecule has 0 aliphatic carbocycles. The number of fused-ring (bicyclic) bond motifs is 1. The summed E-state index contributed by atoms with van der Waals surface area (Å²) in [6.07, 6.45) is 4.00. The van der Waals surface area contributed by atoms with Crippen molar-refractivity contribution in [3.8, 4) is 11.5 Å². The molecule has 2 amide bonds. The Kier molecular flexibility index (Phi) is 7.65. The van der Waals surface area contributed by atoms with Crippen molar-refractivity contribution >= 4 is 16.2 Å². The molecule has 2 saturated heterocycles. The van der Waals surface area contributed by atoms with Crippen molar-refractivity contribution in [2.75, 3.05) is 52.5 Å². The number of hydrogen-bond acceptors (Lipinski definition) is 5. The van der Waals surface area contributed by atoms with Gasteiger partial charge in [0, 0.05) is 39.3 Å². The van der Waals surface area contributed by atoms with Crippen LogP contribution in [0.15, 0.2) is 18.2 Å². The summed E-state index contributed by atoms with van der Waals surface area (Å²) in [6.45, 7) is 7.76. The molecular formula is C23H36N4O5S. The Bertz CT molecular complexity index is 923. The molecule has 1 aromatic rings. The molecule has 1 N–H and O–H groups in total. The van der Waals surface area contributed by atoms with Gasteiger partial charge in [-0.25, -0.2) is 4.79 Å². The molecule has 0 aromatic heterocycles. The Morgan fingerprint density at radius 3 is 2.12 bits per heavy atom. The van der Waals surface area contributed by atoms with Crippen LogP contribution in [-0.2, 0) is 10.2 Å². The smallest absolute Gasteiger partial charge is 0.317 e. The van der Waals surface area contributed by atoms with Crippen LogP contribution in [0.5, 0.6) is 11.5 Å². The van der Waals surface area contributed by atoms with E-state index in [2.05, 4.69) is 19.2 Å². The average molecular weight is 481 g/mol. The molecule has 1 atom stereocenters. The molecule has 33 heavy (non-hydrogen) atoms. The summed E-state index contributed by atoms with van der Waals surface area (Å²) < 4.78 is 40.6. The number of nitrogens with one attached hydrogen (secondary N) is 1. The predicted octanol–water partition coefficient (Wildman–Crippen LogP) is 2.60. The Morgan fingerprint density at radius 2 is 1.48 bits per heavy atom. The third-order valence-corrected chi connectivity index (χ3v) is 8.65. The highest BCUT2D eigenvalue weighted by Crippen LogP contribution is 2.34. The number of urea groups is 1. The molecule has 0 bridgehead atoms. The summed E-state index contributed by atoms with van der Waals surface area (Å²) in [5, 5.41) is 3.15. The number of rotatable bonds is 5. The van der Waals surface area contributed by atoms with E-state index in [9.17, 15) is 13.2 Å². The maximum Gasteiger partial charge on any atom is 0.317 e. The van der Waals surface area contributed by atoms with E-state index in [0.29, 0.717) is 58.2 Å². The molecule has 0 saturated carbocycles. The second-order valence-corrected chi connectivity index (χ2v) is 11.2. The molecule has 1 aromatic carbocycles. The SMILES string of the molecule is CC(C)[C@H](NC(=O)N1CCN(S(=O)(=O)N2CCCCCC2)CC1)c1ccc2c(c1)OCCO2. The van der Waals surface area contributed by atoms with Gasteiger partial charge in [0.05, 0.1) is 6.04 Å². The van der Waals surface area contributed by atoms with E-state index in [1.165, 1.54) is 4.31 Å². The van der Waals surface area contributed by atoms with Crippen molar-refractivity contribution in [2.45, 2.75) is 45.6 Å². The van der Waals surface area contributed by atoms with Crippen LogP contribution in [0.3, 0.4) is 0 Å². The lowest BCUT2D eigenvalue weighted by atomic mass is 9.95. The zero-order valence-electron chi connectivity index (χ0n) is 19.7. The number of carbonyl (C=O) groups is 1. The summed E-state index contributed by atoms with van der Waals surface area (Å²) in [4.78, 5) is 14.8. The third-order valence-electron chi connectivity index (χ3n) is 6.61. The maximum absolute atomic E-state index is 13.1. The van der Waals surface area contributed by atoms with Crippen molar-refractivity contribution in [1.82, 2.24) is 18.8 Å². The predicted molar refractivity (Wildman–Crippen MR) is 126 cm³/mol. The zero-order chi connectivity index (χ0) is 23.4. The van der Waals surface area contributed by atoms with Gasteiger partial charge in [-0.3, -0.25) is 0 Å². The van der Waals surface area contributed by atoms with Gasteiger partial charge in [0.15, 0.2) is 11.5 Å². The molecule has 3 heterocycles. The molecule has 10 heteroatoms. The molecule has 3 aliphatic heterocycles. The van der Waals surface area contributed by atoms with E-state index in [-0.39, 0.29) is 18.0 Å². The number of amides is 2. The summed E-state index contributed by atoms with van der Waals surface area (Å²) in [7, 11) is -3.46. The molecule has 2 fully saturated rings. The highest BCUT2D eigenvalue weighted by Gasteiger charge is 2.34. The van der Waals surface area contributed by atoms with Crippen LogP contribution in [0, 0.1) is 5.92 Å². The summed E-state index contributed by atoms with van der Waals surface area (Å²) >= 11 is 0. The number of carbonyl (C=O) groups excluding carboxylic acids is 1. The summed E-state index contributed by atoms with van der Waals surface area (Å²) in [5.74, 6) is 1.59. The molecule has 4 rings (SSSR count). The van der Waals surface area contributed by atoms with Gasteiger partial charge in [-0.05, 0) is 36.5 Å². The topological polar surface area (TPSA) is 91.4 Å². The second kappa shape index (κ2) is 10.5. The van der Waals surface area contributed by atoms with Crippen LogP contribution in [0.25, 0.3) is 0 Å². The van der Waals surface area contributed by atoms with Crippen LogP contribution < -0.4 is 14.8 Å². The standard InChI is InChI=1S/C23H36N4O5S/c1-18(2)22(19-7-8-20-21(17-19)32-16-15-31-20)24-23(28)25-11-13-27(14-12-25)33(29,30)26-9-5-3-4-6-10-26/h7-8,17-18,22H,3-6,9-16H2,1-2H3,(H,24,28)/t22-/m0/s1. The van der Waals surface area contributed by atoms with Gasteiger partial charge < -0.3 is 19.7 Å². The van der Waals surface area contributed by atoms with E-state index >= 15 is 0 Å². The van der Waals surface area contributed by atoms with Gasteiger partial charge >= 0.3 is 6.03 Å². The fourth-order valence-electron chi connectivity index (χ4n) is 4.67. The molecule has 0 unspecified atom stereocenters. The minimum absolute atomic E-state index is 0.168. The van der Waals surface area contributed by atoms with Crippen molar-refractivity contribution in [3.63, 3.8) is 0 Å². The average Bonchev–Trinajstić information content (AvgIpc) is 3.12. The molecule has 3 aliphatic rings. The van der Waals surface area contributed by atoms with Crippen molar-refractivity contribution in [2.24, 2.45) is 5.92 Å². The van der Waals surface area contributed by atoms with Crippen molar-refractivity contribution < 1.29 is 22.7 Å². The fraction of sp³-hybridized carbons (Fsp3) is 0.696. The van der Waals surface area contributed by atoms with Crippen LogP contribution in [0.4, 0.5) is 4.79 Å². The quantitative estimate of drug-likeness (QED) is 0.700. The Morgan fingerprint density at radius 1 is 0.879 bits per heavy atom. The molecule has 184 valence electrons. The lowest BCUT2D eigenvalue weighted by Gasteiger charge is -2.37. The number of ether oxygens (including phenoxy) is 2. The first-order valence-electron chi connectivity index (χ1n) is 12.1. The number of hydrogen-bond donors (Lipinski definition) is 1. The fourth-order valence-corrected chi connectivity index (χ4v) is 6.34. The first kappa shape index (κ1) is 24.1. The minimum atomic E-state index is -3.46. The molecule has 9 nitrogen and oxygen atoms in total. The first-order chi connectivity index (χ1) is 15.9.